The molecule has 0 saturated heterocycles. The van der Waals surface area contributed by atoms with E-state index in [0.29, 0.717) is 11.5 Å². The molecule has 2 aromatic heterocycles. The van der Waals surface area contributed by atoms with Gasteiger partial charge in [0, 0.05) is 28.9 Å². The maximum absolute atomic E-state index is 10.8. The third kappa shape index (κ3) is 2.39. The standard InChI is InChI=1S/C24H17N3O/c1-2-16-12-13-21-22(23(16)28)19-10-6-7-11-20(19)27(21)24-25-14-18(15-26-24)17-8-4-3-5-9-17/h2-15,28H,1H2. The van der Waals surface area contributed by atoms with Crippen LogP contribution in [0.25, 0.3) is 45.0 Å². The van der Waals surface area contributed by atoms with Crippen LogP contribution < -0.4 is 0 Å². The van der Waals surface area contributed by atoms with Crippen LogP contribution in [0.3, 0.4) is 0 Å². The molecular weight excluding hydrogens is 346 g/mol. The van der Waals surface area contributed by atoms with E-state index in [-0.39, 0.29) is 5.75 Å². The molecule has 0 aliphatic rings. The molecule has 134 valence electrons. The molecule has 0 aliphatic heterocycles. The van der Waals surface area contributed by atoms with Crippen LogP contribution >= 0.6 is 0 Å². The summed E-state index contributed by atoms with van der Waals surface area (Å²) in [5.74, 6) is 0.792. The van der Waals surface area contributed by atoms with E-state index in [1.165, 1.54) is 0 Å². The fourth-order valence-electron chi connectivity index (χ4n) is 3.65. The Morgan fingerprint density at radius 1 is 0.786 bits per heavy atom. The van der Waals surface area contributed by atoms with E-state index >= 15 is 0 Å². The second-order valence-corrected chi connectivity index (χ2v) is 6.59. The van der Waals surface area contributed by atoms with Crippen LogP contribution in [0.2, 0.25) is 0 Å². The molecule has 0 amide bonds. The van der Waals surface area contributed by atoms with E-state index in [9.17, 15) is 5.11 Å². The summed E-state index contributed by atoms with van der Waals surface area (Å²) in [5, 5.41) is 12.5. The molecule has 5 rings (SSSR count). The summed E-state index contributed by atoms with van der Waals surface area (Å²) in [4.78, 5) is 9.24. The SMILES string of the molecule is C=Cc1ccc2c(c1O)c1ccccc1n2-c1ncc(-c2ccccc2)cn1. The van der Waals surface area contributed by atoms with Gasteiger partial charge in [0.1, 0.15) is 5.75 Å². The van der Waals surface area contributed by atoms with Crippen LogP contribution in [-0.2, 0) is 0 Å². The van der Waals surface area contributed by atoms with Crippen molar-refractivity contribution in [3.05, 3.63) is 91.3 Å². The zero-order chi connectivity index (χ0) is 19.1. The normalized spacial score (nSPS) is 11.1. The van der Waals surface area contributed by atoms with Gasteiger partial charge in [0.2, 0.25) is 5.95 Å². The minimum atomic E-state index is 0.225. The molecule has 5 aromatic rings. The van der Waals surface area contributed by atoms with Gasteiger partial charge in [-0.05, 0) is 23.8 Å². The Morgan fingerprint density at radius 2 is 1.50 bits per heavy atom. The van der Waals surface area contributed by atoms with Crippen LogP contribution in [0.15, 0.2) is 85.7 Å². The number of fused-ring (bicyclic) bond motifs is 3. The molecule has 0 spiro atoms. The second kappa shape index (κ2) is 6.35. The Labute approximate surface area is 162 Å². The molecule has 4 heteroatoms. The van der Waals surface area contributed by atoms with Gasteiger partial charge in [-0.3, -0.25) is 4.57 Å². The lowest BCUT2D eigenvalue weighted by Gasteiger charge is -2.07. The molecule has 0 aliphatic carbocycles. The topological polar surface area (TPSA) is 50.9 Å². The van der Waals surface area contributed by atoms with Gasteiger partial charge >= 0.3 is 0 Å². The highest BCUT2D eigenvalue weighted by atomic mass is 16.3. The van der Waals surface area contributed by atoms with Crippen molar-refractivity contribution in [2.45, 2.75) is 0 Å². The first-order valence-electron chi connectivity index (χ1n) is 9.03. The fraction of sp³-hybridized carbons (Fsp3) is 0. The summed E-state index contributed by atoms with van der Waals surface area (Å²) in [6.45, 7) is 3.79. The van der Waals surface area contributed by atoms with Crippen LogP contribution in [0.1, 0.15) is 5.56 Å². The van der Waals surface area contributed by atoms with E-state index in [1.807, 2.05) is 83.7 Å². The van der Waals surface area contributed by atoms with Crippen LogP contribution in [0.4, 0.5) is 0 Å². The van der Waals surface area contributed by atoms with E-state index in [1.54, 1.807) is 6.08 Å². The van der Waals surface area contributed by atoms with Crippen molar-refractivity contribution < 1.29 is 5.11 Å². The highest BCUT2D eigenvalue weighted by Gasteiger charge is 2.17. The number of aromatic nitrogens is 3. The summed E-state index contributed by atoms with van der Waals surface area (Å²) in [5.41, 5.74) is 4.54. The molecule has 1 N–H and O–H groups in total. The van der Waals surface area contributed by atoms with Crippen molar-refractivity contribution in [1.29, 1.82) is 0 Å². The Kier molecular flexibility index (Phi) is 3.69. The van der Waals surface area contributed by atoms with Crippen molar-refractivity contribution in [3.63, 3.8) is 0 Å². The van der Waals surface area contributed by atoms with Gasteiger partial charge in [-0.1, -0.05) is 61.2 Å². The third-order valence-electron chi connectivity index (χ3n) is 5.01. The molecule has 2 heterocycles. The van der Waals surface area contributed by atoms with E-state index in [2.05, 4.69) is 16.5 Å². The smallest absolute Gasteiger partial charge is 0.234 e. The summed E-state index contributed by atoms with van der Waals surface area (Å²) in [6, 6.07) is 21.8. The van der Waals surface area contributed by atoms with E-state index < -0.39 is 0 Å². The van der Waals surface area contributed by atoms with E-state index in [4.69, 9.17) is 0 Å². The van der Waals surface area contributed by atoms with Gasteiger partial charge in [-0.2, -0.15) is 0 Å². The molecule has 4 nitrogen and oxygen atoms in total. The second-order valence-electron chi connectivity index (χ2n) is 6.59. The lowest BCUT2D eigenvalue weighted by Crippen LogP contribution is -2.00. The predicted octanol–water partition coefficient (Wildman–Crippen LogP) is 5.59. The lowest BCUT2D eigenvalue weighted by molar-refractivity contribution is 0.481. The molecule has 0 fully saturated rings. The number of nitrogens with zero attached hydrogens (tertiary/aromatic N) is 3. The first-order chi connectivity index (χ1) is 13.8. The number of phenolic OH excluding ortho intramolecular Hbond substituents is 1. The molecule has 0 atom stereocenters. The molecule has 28 heavy (non-hydrogen) atoms. The summed E-state index contributed by atoms with van der Waals surface area (Å²) >= 11 is 0. The summed E-state index contributed by atoms with van der Waals surface area (Å²) in [6.07, 6.45) is 5.32. The first kappa shape index (κ1) is 16.3. The number of hydrogen-bond acceptors (Lipinski definition) is 3. The fourth-order valence-corrected chi connectivity index (χ4v) is 3.65. The predicted molar refractivity (Wildman–Crippen MR) is 114 cm³/mol. The molecule has 3 aromatic carbocycles. The summed E-state index contributed by atoms with van der Waals surface area (Å²) < 4.78 is 1.98. The van der Waals surface area contributed by atoms with Gasteiger partial charge in [0.15, 0.2) is 0 Å². The summed E-state index contributed by atoms with van der Waals surface area (Å²) in [7, 11) is 0. The Hall–Kier alpha value is -3.92. The molecule has 0 saturated carbocycles. The maximum Gasteiger partial charge on any atom is 0.234 e. The number of aromatic hydroxyl groups is 1. The van der Waals surface area contributed by atoms with Crippen molar-refractivity contribution in [2.24, 2.45) is 0 Å². The largest absolute Gasteiger partial charge is 0.507 e. The maximum atomic E-state index is 10.8. The molecule has 0 bridgehead atoms. The molecular formula is C24H17N3O. The van der Waals surface area contributed by atoms with Crippen molar-refractivity contribution in [1.82, 2.24) is 14.5 Å². The number of phenols is 1. The zero-order valence-corrected chi connectivity index (χ0v) is 15.1. The van der Waals surface area contributed by atoms with Gasteiger partial charge in [-0.15, -0.1) is 0 Å². The Balaban J connectivity index is 1.76. The third-order valence-corrected chi connectivity index (χ3v) is 5.01. The average Bonchev–Trinajstić information content (AvgIpc) is 3.10. The minimum absolute atomic E-state index is 0.225. The average molecular weight is 363 g/mol. The van der Waals surface area contributed by atoms with Crippen molar-refractivity contribution in [2.75, 3.05) is 0 Å². The van der Waals surface area contributed by atoms with E-state index in [0.717, 1.165) is 32.9 Å². The van der Waals surface area contributed by atoms with Gasteiger partial charge in [0.05, 0.1) is 16.4 Å². The Morgan fingerprint density at radius 3 is 2.25 bits per heavy atom. The lowest BCUT2D eigenvalue weighted by atomic mass is 10.1. The highest BCUT2D eigenvalue weighted by molar-refractivity contribution is 6.12. The van der Waals surface area contributed by atoms with Gasteiger partial charge < -0.3 is 5.11 Å². The zero-order valence-electron chi connectivity index (χ0n) is 15.1. The van der Waals surface area contributed by atoms with Crippen LogP contribution in [-0.4, -0.2) is 19.6 Å². The quantitative estimate of drug-likeness (QED) is 0.455. The first-order valence-corrected chi connectivity index (χ1v) is 9.03. The minimum Gasteiger partial charge on any atom is -0.507 e. The van der Waals surface area contributed by atoms with Gasteiger partial charge in [-0.25, -0.2) is 9.97 Å². The van der Waals surface area contributed by atoms with Crippen LogP contribution in [0.5, 0.6) is 5.75 Å². The van der Waals surface area contributed by atoms with Crippen molar-refractivity contribution >= 4 is 27.9 Å². The van der Waals surface area contributed by atoms with Gasteiger partial charge in [0.25, 0.3) is 0 Å². The monoisotopic (exact) mass is 363 g/mol. The molecule has 0 unspecified atom stereocenters. The number of rotatable bonds is 3. The number of hydrogen-bond donors (Lipinski definition) is 1. The van der Waals surface area contributed by atoms with Crippen LogP contribution in [0, 0.1) is 0 Å². The van der Waals surface area contributed by atoms with Crippen molar-refractivity contribution in [3.8, 4) is 22.8 Å². The number of para-hydroxylation sites is 1. The molecule has 0 radical (unpaired) electrons. The Bertz CT molecular complexity index is 1320. The highest BCUT2D eigenvalue weighted by Crippen LogP contribution is 2.38. The number of benzene rings is 3.